The summed E-state index contributed by atoms with van der Waals surface area (Å²) >= 11 is 5.03. The Morgan fingerprint density at radius 3 is 2.30 bits per heavy atom. The number of aliphatic hydroxyl groups is 1. The van der Waals surface area contributed by atoms with E-state index < -0.39 is 0 Å². The average Bonchev–Trinajstić information content (AvgIpc) is 1.80. The fraction of sp³-hybridized carbons (Fsp3) is 0.857. The van der Waals surface area contributed by atoms with Gasteiger partial charge in [-0.2, -0.15) is 0 Å². The first-order valence-corrected chi connectivity index (χ1v) is 3.78. The minimum Gasteiger partial charge on any atom is -0.395 e. The molecule has 0 rings (SSSR count). The Labute approximate surface area is 67.6 Å². The van der Waals surface area contributed by atoms with Crippen molar-refractivity contribution in [2.45, 2.75) is 20.8 Å². The lowest BCUT2D eigenvalue weighted by Crippen LogP contribution is -2.34. The molecule has 0 saturated carbocycles. The Balaban J connectivity index is 3.64. The molecule has 0 fully saturated rings. The zero-order chi connectivity index (χ0) is 8.20. The molecule has 0 aliphatic carbocycles. The summed E-state index contributed by atoms with van der Waals surface area (Å²) in [5, 5.41) is 11.4. The summed E-state index contributed by atoms with van der Waals surface area (Å²) in [7, 11) is 0. The lowest BCUT2D eigenvalue weighted by molar-refractivity contribution is 0.299. The van der Waals surface area contributed by atoms with Crippen LogP contribution < -0.4 is 5.32 Å². The number of nitrogens with one attached hydrogen (secondary N) is 1. The third-order valence-corrected chi connectivity index (χ3v) is 1.84. The molecule has 0 aromatic heterocycles. The molecule has 0 radical (unpaired) electrons. The standard InChI is InChI=1S/C7H15NOS/c1-7(2,3)6(10)8-4-5-9/h9H,4-5H2,1-3H3,(H,8,10). The first-order chi connectivity index (χ1) is 4.48. The molecular weight excluding hydrogens is 146 g/mol. The first-order valence-electron chi connectivity index (χ1n) is 3.37. The second-order valence-corrected chi connectivity index (χ2v) is 3.64. The summed E-state index contributed by atoms with van der Waals surface area (Å²) in [6, 6.07) is 0. The molecule has 2 nitrogen and oxygen atoms in total. The Morgan fingerprint density at radius 1 is 1.50 bits per heavy atom. The van der Waals surface area contributed by atoms with Gasteiger partial charge in [-0.3, -0.25) is 0 Å². The van der Waals surface area contributed by atoms with Crippen LogP contribution in [0.5, 0.6) is 0 Å². The van der Waals surface area contributed by atoms with Crippen LogP contribution in [0.2, 0.25) is 0 Å². The van der Waals surface area contributed by atoms with Gasteiger partial charge in [0.05, 0.1) is 11.6 Å². The molecule has 0 atom stereocenters. The van der Waals surface area contributed by atoms with Crippen LogP contribution in [0.1, 0.15) is 20.8 Å². The molecule has 0 amide bonds. The van der Waals surface area contributed by atoms with Crippen molar-refractivity contribution in [1.82, 2.24) is 5.32 Å². The van der Waals surface area contributed by atoms with Gasteiger partial charge in [-0.1, -0.05) is 33.0 Å². The summed E-state index contributed by atoms with van der Waals surface area (Å²) in [5.74, 6) is 0. The quantitative estimate of drug-likeness (QED) is 0.591. The van der Waals surface area contributed by atoms with Crippen LogP contribution in [-0.4, -0.2) is 23.2 Å². The summed E-state index contributed by atoms with van der Waals surface area (Å²) in [5.41, 5.74) is 0.0184. The Bertz CT molecular complexity index is 117. The molecule has 0 aromatic carbocycles. The zero-order valence-corrected chi connectivity index (χ0v) is 7.59. The maximum Gasteiger partial charge on any atom is 0.0808 e. The van der Waals surface area contributed by atoms with Crippen LogP contribution in [0.25, 0.3) is 0 Å². The fourth-order valence-corrected chi connectivity index (χ4v) is 0.537. The van der Waals surface area contributed by atoms with Crippen LogP contribution >= 0.6 is 12.2 Å². The highest BCUT2D eigenvalue weighted by molar-refractivity contribution is 7.80. The normalized spacial score (nSPS) is 11.2. The zero-order valence-electron chi connectivity index (χ0n) is 6.77. The van der Waals surface area contributed by atoms with E-state index in [1.165, 1.54) is 0 Å². The SMILES string of the molecule is CC(C)(C)C(=S)NCCO. The highest BCUT2D eigenvalue weighted by atomic mass is 32.1. The highest BCUT2D eigenvalue weighted by Gasteiger charge is 2.15. The minimum absolute atomic E-state index is 0.0184. The molecular formula is C7H15NOS. The van der Waals surface area contributed by atoms with Gasteiger partial charge in [-0.15, -0.1) is 0 Å². The molecule has 2 N–H and O–H groups in total. The molecule has 0 bridgehead atoms. The van der Waals surface area contributed by atoms with E-state index in [0.29, 0.717) is 6.54 Å². The van der Waals surface area contributed by atoms with Crippen LogP contribution in [0, 0.1) is 5.41 Å². The maximum atomic E-state index is 8.46. The van der Waals surface area contributed by atoms with Crippen molar-refractivity contribution in [3.05, 3.63) is 0 Å². The molecule has 0 heterocycles. The number of hydrogen-bond acceptors (Lipinski definition) is 2. The molecule has 0 saturated heterocycles. The van der Waals surface area contributed by atoms with Gasteiger partial charge in [0.15, 0.2) is 0 Å². The molecule has 0 aromatic rings. The lowest BCUT2D eigenvalue weighted by atomic mass is 9.97. The van der Waals surface area contributed by atoms with Crippen molar-refractivity contribution in [3.63, 3.8) is 0 Å². The second-order valence-electron chi connectivity index (χ2n) is 3.23. The van der Waals surface area contributed by atoms with Crippen LogP contribution in [0.3, 0.4) is 0 Å². The third kappa shape index (κ3) is 3.80. The topological polar surface area (TPSA) is 32.3 Å². The van der Waals surface area contributed by atoms with E-state index in [-0.39, 0.29) is 12.0 Å². The van der Waals surface area contributed by atoms with Gasteiger partial charge in [0.1, 0.15) is 0 Å². The van der Waals surface area contributed by atoms with E-state index in [0.717, 1.165) is 4.99 Å². The van der Waals surface area contributed by atoms with E-state index in [2.05, 4.69) is 5.32 Å². The molecule has 60 valence electrons. The van der Waals surface area contributed by atoms with E-state index >= 15 is 0 Å². The van der Waals surface area contributed by atoms with Crippen molar-refractivity contribution in [3.8, 4) is 0 Å². The van der Waals surface area contributed by atoms with Crippen LogP contribution in [-0.2, 0) is 0 Å². The number of aliphatic hydroxyl groups excluding tert-OH is 1. The average molecular weight is 161 g/mol. The first kappa shape index (κ1) is 9.85. The summed E-state index contributed by atoms with van der Waals surface area (Å²) in [6.07, 6.45) is 0. The van der Waals surface area contributed by atoms with Crippen molar-refractivity contribution in [2.75, 3.05) is 13.2 Å². The van der Waals surface area contributed by atoms with Crippen molar-refractivity contribution in [2.24, 2.45) is 5.41 Å². The fourth-order valence-electron chi connectivity index (χ4n) is 0.435. The summed E-state index contributed by atoms with van der Waals surface area (Å²) in [6.45, 7) is 6.81. The number of thiocarbonyl (C=S) groups is 1. The summed E-state index contributed by atoms with van der Waals surface area (Å²) in [4.78, 5) is 0.807. The smallest absolute Gasteiger partial charge is 0.0808 e. The summed E-state index contributed by atoms with van der Waals surface area (Å²) < 4.78 is 0. The van der Waals surface area contributed by atoms with E-state index in [9.17, 15) is 0 Å². The predicted molar refractivity (Wildman–Crippen MR) is 47.1 cm³/mol. The molecule has 3 heteroatoms. The second kappa shape index (κ2) is 3.88. The van der Waals surface area contributed by atoms with Gasteiger partial charge in [0.2, 0.25) is 0 Å². The van der Waals surface area contributed by atoms with E-state index in [1.54, 1.807) is 0 Å². The molecule has 0 aliphatic heterocycles. The minimum atomic E-state index is 0.0184. The van der Waals surface area contributed by atoms with Gasteiger partial charge in [-0.25, -0.2) is 0 Å². The molecule has 0 spiro atoms. The monoisotopic (exact) mass is 161 g/mol. The van der Waals surface area contributed by atoms with Crippen molar-refractivity contribution >= 4 is 17.2 Å². The maximum absolute atomic E-state index is 8.46. The Morgan fingerprint density at radius 2 is 2.00 bits per heavy atom. The number of hydrogen-bond donors (Lipinski definition) is 2. The van der Waals surface area contributed by atoms with Gasteiger partial charge in [0.25, 0.3) is 0 Å². The van der Waals surface area contributed by atoms with E-state index in [4.69, 9.17) is 17.3 Å². The van der Waals surface area contributed by atoms with Crippen LogP contribution in [0.4, 0.5) is 0 Å². The van der Waals surface area contributed by atoms with Gasteiger partial charge >= 0.3 is 0 Å². The lowest BCUT2D eigenvalue weighted by Gasteiger charge is -2.20. The van der Waals surface area contributed by atoms with Crippen molar-refractivity contribution in [1.29, 1.82) is 0 Å². The van der Waals surface area contributed by atoms with Gasteiger partial charge in [0, 0.05) is 12.0 Å². The van der Waals surface area contributed by atoms with E-state index in [1.807, 2.05) is 20.8 Å². The molecule has 0 aliphatic rings. The highest BCUT2D eigenvalue weighted by Crippen LogP contribution is 2.13. The predicted octanol–water partition coefficient (Wildman–Crippen LogP) is 0.942. The largest absolute Gasteiger partial charge is 0.395 e. The van der Waals surface area contributed by atoms with Crippen molar-refractivity contribution < 1.29 is 5.11 Å². The Hall–Kier alpha value is -0.150. The number of rotatable bonds is 2. The van der Waals surface area contributed by atoms with Gasteiger partial charge in [-0.05, 0) is 0 Å². The van der Waals surface area contributed by atoms with Gasteiger partial charge < -0.3 is 10.4 Å². The molecule has 0 unspecified atom stereocenters. The third-order valence-electron chi connectivity index (χ3n) is 1.08. The molecule has 10 heavy (non-hydrogen) atoms. The van der Waals surface area contributed by atoms with Crippen LogP contribution in [0.15, 0.2) is 0 Å². The Kier molecular flexibility index (Phi) is 3.83.